The third-order valence-electron chi connectivity index (χ3n) is 2.60. The summed E-state index contributed by atoms with van der Waals surface area (Å²) in [5.41, 5.74) is 1.56. The Morgan fingerprint density at radius 2 is 1.55 bits per heavy atom. The van der Waals surface area contributed by atoms with E-state index in [1.54, 1.807) is 36.4 Å². The molecule has 0 heterocycles. The number of amidine groups is 1. The molecule has 2 aromatic rings. The van der Waals surface area contributed by atoms with Gasteiger partial charge in [0.25, 0.3) is 0 Å². The Balaban J connectivity index is 2.06. The van der Waals surface area contributed by atoms with Crippen molar-refractivity contribution >= 4 is 52.2 Å². The molecule has 0 saturated heterocycles. The lowest BCUT2D eigenvalue weighted by molar-refractivity contribution is 0.908. The number of hydrogen-bond acceptors (Lipinski definition) is 1. The van der Waals surface area contributed by atoms with Crippen LogP contribution < -0.4 is 5.32 Å². The topological polar surface area (TPSA) is 35.9 Å². The van der Waals surface area contributed by atoms with Crippen LogP contribution in [0.5, 0.6) is 0 Å². The average molecular weight is 348 g/mol. The Kier molecular flexibility index (Phi) is 5.17. The molecule has 0 saturated carbocycles. The largest absolute Gasteiger partial charge is 0.366 e. The van der Waals surface area contributed by atoms with Crippen LogP contribution in [-0.2, 0) is 6.54 Å². The molecule has 6 heteroatoms. The Morgan fingerprint density at radius 1 is 0.900 bits per heavy atom. The summed E-state index contributed by atoms with van der Waals surface area (Å²) >= 11 is 23.6. The molecule has 2 rings (SSSR count). The van der Waals surface area contributed by atoms with Crippen LogP contribution in [0.1, 0.15) is 11.1 Å². The lowest BCUT2D eigenvalue weighted by atomic mass is 10.2. The van der Waals surface area contributed by atoms with Gasteiger partial charge in [0.15, 0.2) is 0 Å². The fraction of sp³-hybridized carbons (Fsp3) is 0.0714. The molecular formula is C14H10Cl4N2. The van der Waals surface area contributed by atoms with Crippen molar-refractivity contribution in [3.63, 3.8) is 0 Å². The highest BCUT2D eigenvalue weighted by molar-refractivity contribution is 6.42. The molecule has 0 fully saturated rings. The highest BCUT2D eigenvalue weighted by Gasteiger charge is 2.05. The summed E-state index contributed by atoms with van der Waals surface area (Å²) < 4.78 is 0. The number of halogens is 4. The molecule has 2 nitrogen and oxygen atoms in total. The van der Waals surface area contributed by atoms with Crippen molar-refractivity contribution < 1.29 is 0 Å². The van der Waals surface area contributed by atoms with E-state index < -0.39 is 0 Å². The lowest BCUT2D eigenvalue weighted by Gasteiger charge is -2.09. The Morgan fingerprint density at radius 3 is 2.15 bits per heavy atom. The molecule has 0 bridgehead atoms. The standard InChI is InChI=1S/C14H10Cl4N2/c15-10-3-8(4-11(16)6-10)7-20-14(19)9-1-2-12(17)13(18)5-9/h1-6H,7H2,(H2,19,20). The van der Waals surface area contributed by atoms with Gasteiger partial charge in [-0.15, -0.1) is 0 Å². The highest BCUT2D eigenvalue weighted by atomic mass is 35.5. The van der Waals surface area contributed by atoms with Gasteiger partial charge in [-0.3, -0.25) is 5.41 Å². The van der Waals surface area contributed by atoms with Crippen molar-refractivity contribution in [2.45, 2.75) is 6.54 Å². The third-order valence-corrected chi connectivity index (χ3v) is 3.78. The second kappa shape index (κ2) is 6.68. The summed E-state index contributed by atoms with van der Waals surface area (Å²) in [6, 6.07) is 10.3. The van der Waals surface area contributed by atoms with Crippen LogP contribution in [0.2, 0.25) is 20.1 Å². The summed E-state index contributed by atoms with van der Waals surface area (Å²) in [5, 5.41) is 13.0. The lowest BCUT2D eigenvalue weighted by Crippen LogP contribution is -2.22. The van der Waals surface area contributed by atoms with E-state index in [-0.39, 0.29) is 5.84 Å². The zero-order valence-electron chi connectivity index (χ0n) is 10.2. The molecule has 0 atom stereocenters. The molecule has 0 aliphatic heterocycles. The fourth-order valence-corrected chi connectivity index (χ4v) is 2.53. The van der Waals surface area contributed by atoms with Gasteiger partial charge < -0.3 is 5.32 Å². The van der Waals surface area contributed by atoms with Crippen LogP contribution >= 0.6 is 46.4 Å². The maximum absolute atomic E-state index is 7.97. The first-order chi connectivity index (χ1) is 9.45. The van der Waals surface area contributed by atoms with Crippen molar-refractivity contribution in [3.8, 4) is 0 Å². The smallest absolute Gasteiger partial charge is 0.125 e. The maximum atomic E-state index is 7.97. The van der Waals surface area contributed by atoms with Crippen molar-refractivity contribution in [2.24, 2.45) is 0 Å². The van der Waals surface area contributed by atoms with Gasteiger partial charge in [0.1, 0.15) is 5.84 Å². The fourth-order valence-electron chi connectivity index (χ4n) is 1.66. The molecule has 20 heavy (non-hydrogen) atoms. The van der Waals surface area contributed by atoms with E-state index in [2.05, 4.69) is 5.32 Å². The molecule has 2 aromatic carbocycles. The van der Waals surface area contributed by atoms with Gasteiger partial charge in [-0.1, -0.05) is 46.4 Å². The second-order valence-corrected chi connectivity index (χ2v) is 5.82. The molecule has 0 unspecified atom stereocenters. The number of rotatable bonds is 3. The summed E-state index contributed by atoms with van der Waals surface area (Å²) in [6.07, 6.45) is 0. The second-order valence-electron chi connectivity index (χ2n) is 4.14. The van der Waals surface area contributed by atoms with Crippen molar-refractivity contribution in [2.75, 3.05) is 0 Å². The monoisotopic (exact) mass is 346 g/mol. The van der Waals surface area contributed by atoms with Gasteiger partial charge in [-0.2, -0.15) is 0 Å². The summed E-state index contributed by atoms with van der Waals surface area (Å²) in [5.74, 6) is 0.250. The Hall–Kier alpha value is -0.930. The van der Waals surface area contributed by atoms with Crippen LogP contribution in [0.25, 0.3) is 0 Å². The van der Waals surface area contributed by atoms with Gasteiger partial charge in [-0.05, 0) is 42.0 Å². The predicted molar refractivity (Wildman–Crippen MR) is 86.6 cm³/mol. The number of hydrogen-bond donors (Lipinski definition) is 2. The summed E-state index contributed by atoms with van der Waals surface area (Å²) in [7, 11) is 0. The van der Waals surface area contributed by atoms with Gasteiger partial charge >= 0.3 is 0 Å². The maximum Gasteiger partial charge on any atom is 0.125 e. The first-order valence-corrected chi connectivity index (χ1v) is 7.19. The van der Waals surface area contributed by atoms with Gasteiger partial charge in [0, 0.05) is 22.2 Å². The first kappa shape index (κ1) is 15.5. The zero-order chi connectivity index (χ0) is 14.7. The van der Waals surface area contributed by atoms with Crippen LogP contribution in [0, 0.1) is 5.41 Å². The normalized spacial score (nSPS) is 10.4. The quantitative estimate of drug-likeness (QED) is 0.564. The summed E-state index contributed by atoms with van der Waals surface area (Å²) in [6.45, 7) is 0.444. The van der Waals surface area contributed by atoms with E-state index in [0.29, 0.717) is 32.2 Å². The average Bonchev–Trinajstić information content (AvgIpc) is 2.38. The Labute approximate surface area is 137 Å². The molecule has 0 aliphatic rings. The molecule has 0 aliphatic carbocycles. The van der Waals surface area contributed by atoms with Gasteiger partial charge in [0.2, 0.25) is 0 Å². The molecule has 2 N–H and O–H groups in total. The van der Waals surface area contributed by atoms with Crippen LogP contribution in [-0.4, -0.2) is 5.84 Å². The minimum absolute atomic E-state index is 0.250. The van der Waals surface area contributed by atoms with E-state index in [1.165, 1.54) is 0 Å². The summed E-state index contributed by atoms with van der Waals surface area (Å²) in [4.78, 5) is 0. The van der Waals surface area contributed by atoms with E-state index in [4.69, 9.17) is 51.8 Å². The van der Waals surface area contributed by atoms with Crippen LogP contribution in [0.15, 0.2) is 36.4 Å². The van der Waals surface area contributed by atoms with Crippen molar-refractivity contribution in [1.82, 2.24) is 5.32 Å². The van der Waals surface area contributed by atoms with Gasteiger partial charge in [-0.25, -0.2) is 0 Å². The van der Waals surface area contributed by atoms with E-state index >= 15 is 0 Å². The minimum atomic E-state index is 0.250. The molecule has 0 radical (unpaired) electrons. The van der Waals surface area contributed by atoms with Crippen LogP contribution in [0.3, 0.4) is 0 Å². The first-order valence-electron chi connectivity index (χ1n) is 5.68. The molecule has 0 amide bonds. The molecule has 104 valence electrons. The van der Waals surface area contributed by atoms with E-state index in [1.807, 2.05) is 0 Å². The molecular weight excluding hydrogens is 338 g/mol. The number of benzene rings is 2. The molecule has 0 aromatic heterocycles. The predicted octanol–water partition coefficient (Wildman–Crippen LogP) is 5.42. The number of nitrogens with one attached hydrogen (secondary N) is 2. The third kappa shape index (κ3) is 4.03. The van der Waals surface area contributed by atoms with E-state index in [0.717, 1.165) is 5.56 Å². The Bertz CT molecular complexity index is 635. The highest BCUT2D eigenvalue weighted by Crippen LogP contribution is 2.23. The van der Waals surface area contributed by atoms with Gasteiger partial charge in [0.05, 0.1) is 10.0 Å². The minimum Gasteiger partial charge on any atom is -0.366 e. The molecule has 0 spiro atoms. The van der Waals surface area contributed by atoms with E-state index in [9.17, 15) is 0 Å². The van der Waals surface area contributed by atoms with Crippen molar-refractivity contribution in [1.29, 1.82) is 5.41 Å². The van der Waals surface area contributed by atoms with Crippen molar-refractivity contribution in [3.05, 3.63) is 67.6 Å². The van der Waals surface area contributed by atoms with Crippen LogP contribution in [0.4, 0.5) is 0 Å². The SMILES string of the molecule is N=C(NCc1cc(Cl)cc(Cl)c1)c1ccc(Cl)c(Cl)c1. The zero-order valence-corrected chi connectivity index (χ0v) is 13.2.